The number of ether oxygens (including phenoxy) is 1. The van der Waals surface area contributed by atoms with Crippen LogP contribution in [0.2, 0.25) is 0 Å². The van der Waals surface area contributed by atoms with Gasteiger partial charge in [0.1, 0.15) is 5.75 Å². The van der Waals surface area contributed by atoms with E-state index in [0.29, 0.717) is 6.61 Å². The van der Waals surface area contributed by atoms with Crippen LogP contribution in [0.25, 0.3) is 6.08 Å². The van der Waals surface area contributed by atoms with Gasteiger partial charge in [-0.2, -0.15) is 11.3 Å². The molecule has 0 saturated carbocycles. The van der Waals surface area contributed by atoms with E-state index in [1.807, 2.05) is 55.8 Å². The van der Waals surface area contributed by atoms with Crippen LogP contribution in [-0.4, -0.2) is 12.5 Å². The summed E-state index contributed by atoms with van der Waals surface area (Å²) in [5.74, 6) is 0.713. The molecule has 0 saturated heterocycles. The molecule has 0 spiro atoms. The lowest BCUT2D eigenvalue weighted by atomic mass is 10.0. The van der Waals surface area contributed by atoms with E-state index in [9.17, 15) is 4.79 Å². The van der Waals surface area contributed by atoms with Crippen LogP contribution in [0, 0.1) is 6.92 Å². The largest absolute Gasteiger partial charge is 0.494 e. The molecule has 116 valence electrons. The number of carbonyl (C=O) groups excluding carboxylic acids is 1. The lowest BCUT2D eigenvalue weighted by molar-refractivity contribution is -0.117. The number of hydrogen-bond acceptors (Lipinski definition) is 3. The fourth-order valence-electron chi connectivity index (χ4n) is 2.17. The second-order valence-electron chi connectivity index (χ2n) is 5.09. The highest BCUT2D eigenvalue weighted by atomic mass is 32.1. The zero-order valence-corrected chi connectivity index (χ0v) is 13.9. The number of amides is 1. The van der Waals surface area contributed by atoms with E-state index in [-0.39, 0.29) is 11.9 Å². The first-order valence-electron chi connectivity index (χ1n) is 7.34. The second-order valence-corrected chi connectivity index (χ2v) is 5.87. The van der Waals surface area contributed by atoms with Gasteiger partial charge >= 0.3 is 0 Å². The van der Waals surface area contributed by atoms with E-state index in [1.54, 1.807) is 17.4 Å². The molecular weight excluding hydrogens is 294 g/mol. The van der Waals surface area contributed by atoms with Gasteiger partial charge in [-0.05, 0) is 55.3 Å². The van der Waals surface area contributed by atoms with E-state index in [0.717, 1.165) is 22.4 Å². The van der Waals surface area contributed by atoms with Crippen LogP contribution in [0.3, 0.4) is 0 Å². The predicted octanol–water partition coefficient (Wildman–Crippen LogP) is 4.35. The molecule has 2 aromatic rings. The van der Waals surface area contributed by atoms with Crippen LogP contribution in [0.1, 0.15) is 36.6 Å². The van der Waals surface area contributed by atoms with E-state index in [2.05, 4.69) is 11.4 Å². The third kappa shape index (κ3) is 4.46. The number of aryl methyl sites for hydroxylation is 1. The van der Waals surface area contributed by atoms with Crippen molar-refractivity contribution in [2.24, 2.45) is 0 Å². The van der Waals surface area contributed by atoms with Gasteiger partial charge in [0.15, 0.2) is 0 Å². The average Bonchev–Trinajstić information content (AvgIpc) is 3.00. The van der Waals surface area contributed by atoms with Gasteiger partial charge in [-0.3, -0.25) is 4.79 Å². The van der Waals surface area contributed by atoms with E-state index >= 15 is 0 Å². The van der Waals surface area contributed by atoms with Crippen molar-refractivity contribution >= 4 is 23.3 Å². The number of carbonyl (C=O) groups is 1. The van der Waals surface area contributed by atoms with Crippen molar-refractivity contribution in [3.8, 4) is 5.75 Å². The number of thiophene rings is 1. The Bertz CT molecular complexity index is 647. The highest BCUT2D eigenvalue weighted by Crippen LogP contribution is 2.26. The first-order valence-corrected chi connectivity index (χ1v) is 8.28. The quantitative estimate of drug-likeness (QED) is 0.805. The SMILES string of the molecule is CCOc1ccc(C)cc1C(C)NC(=O)/C=C/c1ccsc1. The molecule has 1 N–H and O–H groups in total. The Hall–Kier alpha value is -2.07. The monoisotopic (exact) mass is 315 g/mol. The van der Waals surface area contributed by atoms with Crippen molar-refractivity contribution in [3.05, 3.63) is 57.8 Å². The van der Waals surface area contributed by atoms with Gasteiger partial charge in [-0.1, -0.05) is 17.7 Å². The topological polar surface area (TPSA) is 38.3 Å². The minimum Gasteiger partial charge on any atom is -0.494 e. The molecule has 1 unspecified atom stereocenters. The molecule has 0 radical (unpaired) electrons. The van der Waals surface area contributed by atoms with Crippen LogP contribution in [0.15, 0.2) is 41.1 Å². The van der Waals surface area contributed by atoms with Crippen molar-refractivity contribution in [1.29, 1.82) is 0 Å². The summed E-state index contributed by atoms with van der Waals surface area (Å²) >= 11 is 1.61. The Morgan fingerprint density at radius 1 is 1.41 bits per heavy atom. The Morgan fingerprint density at radius 2 is 2.23 bits per heavy atom. The summed E-state index contributed by atoms with van der Waals surface area (Å²) in [6.07, 6.45) is 3.38. The van der Waals surface area contributed by atoms with Crippen LogP contribution >= 0.6 is 11.3 Å². The molecule has 1 aromatic carbocycles. The highest BCUT2D eigenvalue weighted by Gasteiger charge is 2.13. The predicted molar refractivity (Wildman–Crippen MR) is 92.3 cm³/mol. The summed E-state index contributed by atoms with van der Waals surface area (Å²) in [5.41, 5.74) is 3.19. The molecule has 0 fully saturated rings. The van der Waals surface area contributed by atoms with Gasteiger partial charge in [0.05, 0.1) is 12.6 Å². The van der Waals surface area contributed by atoms with Crippen molar-refractivity contribution < 1.29 is 9.53 Å². The highest BCUT2D eigenvalue weighted by molar-refractivity contribution is 7.08. The number of rotatable bonds is 6. The average molecular weight is 315 g/mol. The molecule has 3 nitrogen and oxygen atoms in total. The van der Waals surface area contributed by atoms with E-state index in [1.165, 1.54) is 0 Å². The van der Waals surface area contributed by atoms with Crippen LogP contribution in [0.4, 0.5) is 0 Å². The molecule has 22 heavy (non-hydrogen) atoms. The maximum Gasteiger partial charge on any atom is 0.244 e. The summed E-state index contributed by atoms with van der Waals surface area (Å²) in [5, 5.41) is 6.97. The third-order valence-electron chi connectivity index (χ3n) is 3.26. The zero-order valence-electron chi connectivity index (χ0n) is 13.1. The standard InChI is InChI=1S/C18H21NO2S/c1-4-21-17-7-5-13(2)11-16(17)14(3)19-18(20)8-6-15-9-10-22-12-15/h5-12,14H,4H2,1-3H3,(H,19,20)/b8-6+. The maximum absolute atomic E-state index is 12.0. The van der Waals surface area contributed by atoms with Gasteiger partial charge in [0, 0.05) is 11.6 Å². The Balaban J connectivity index is 2.06. The van der Waals surface area contributed by atoms with Crippen LogP contribution in [0.5, 0.6) is 5.75 Å². The maximum atomic E-state index is 12.0. The Labute approximate surface area is 135 Å². The summed E-state index contributed by atoms with van der Waals surface area (Å²) < 4.78 is 5.65. The van der Waals surface area contributed by atoms with Crippen molar-refractivity contribution in [2.75, 3.05) is 6.61 Å². The normalized spacial score (nSPS) is 12.3. The van der Waals surface area contributed by atoms with Gasteiger partial charge in [0.25, 0.3) is 0 Å². The number of hydrogen-bond donors (Lipinski definition) is 1. The van der Waals surface area contributed by atoms with Gasteiger partial charge in [-0.25, -0.2) is 0 Å². The Kier molecular flexibility index (Phi) is 5.78. The van der Waals surface area contributed by atoms with E-state index in [4.69, 9.17) is 4.74 Å². The molecular formula is C18H21NO2S. The first-order chi connectivity index (χ1) is 10.6. The van der Waals surface area contributed by atoms with Gasteiger partial charge < -0.3 is 10.1 Å². The fourth-order valence-corrected chi connectivity index (χ4v) is 2.80. The van der Waals surface area contributed by atoms with Crippen molar-refractivity contribution in [2.45, 2.75) is 26.8 Å². The Morgan fingerprint density at radius 3 is 2.91 bits per heavy atom. The van der Waals surface area contributed by atoms with Crippen molar-refractivity contribution in [3.63, 3.8) is 0 Å². The minimum atomic E-state index is -0.110. The second kappa shape index (κ2) is 7.80. The molecule has 0 bridgehead atoms. The molecule has 0 aliphatic heterocycles. The lowest BCUT2D eigenvalue weighted by Crippen LogP contribution is -2.25. The molecule has 4 heteroatoms. The molecule has 1 aromatic heterocycles. The first kappa shape index (κ1) is 16.3. The van der Waals surface area contributed by atoms with Crippen molar-refractivity contribution in [1.82, 2.24) is 5.32 Å². The summed E-state index contributed by atoms with van der Waals surface area (Å²) in [6.45, 7) is 6.56. The van der Waals surface area contributed by atoms with Gasteiger partial charge in [-0.15, -0.1) is 0 Å². The van der Waals surface area contributed by atoms with Crippen LogP contribution < -0.4 is 10.1 Å². The fraction of sp³-hybridized carbons (Fsp3) is 0.278. The zero-order chi connectivity index (χ0) is 15.9. The van der Waals surface area contributed by atoms with E-state index < -0.39 is 0 Å². The van der Waals surface area contributed by atoms with Crippen LogP contribution in [-0.2, 0) is 4.79 Å². The summed E-state index contributed by atoms with van der Waals surface area (Å²) in [4.78, 5) is 12.0. The molecule has 2 rings (SSSR count). The molecule has 1 atom stereocenters. The summed E-state index contributed by atoms with van der Waals surface area (Å²) in [6, 6.07) is 7.89. The molecule has 0 aliphatic rings. The number of nitrogens with one attached hydrogen (secondary N) is 1. The minimum absolute atomic E-state index is 0.109. The molecule has 1 amide bonds. The van der Waals surface area contributed by atoms with Gasteiger partial charge in [0.2, 0.25) is 5.91 Å². The smallest absolute Gasteiger partial charge is 0.244 e. The number of benzene rings is 1. The molecule has 1 heterocycles. The summed E-state index contributed by atoms with van der Waals surface area (Å²) in [7, 11) is 0. The molecule has 0 aliphatic carbocycles. The lowest BCUT2D eigenvalue weighted by Gasteiger charge is -2.18. The third-order valence-corrected chi connectivity index (χ3v) is 3.96.